The summed E-state index contributed by atoms with van der Waals surface area (Å²) in [6.45, 7) is 0. The maximum atomic E-state index is 5.41. The molecule has 0 radical (unpaired) electrons. The monoisotopic (exact) mass is 432 g/mol. The molecule has 1 unspecified atom stereocenters. The Hall–Kier alpha value is -0.320. The molecule has 2 aromatic carbocycles. The predicted molar refractivity (Wildman–Crippen MR) is 85.6 cm³/mol. The normalized spacial score (nSPS) is 12.2. The quantitative estimate of drug-likeness (QED) is 0.562. The first kappa shape index (κ1) is 14.1. The molecule has 0 spiro atoms. The van der Waals surface area contributed by atoms with Crippen molar-refractivity contribution in [2.24, 2.45) is 0 Å². The molecule has 1 atom stereocenters. The summed E-state index contributed by atoms with van der Waals surface area (Å²) in [7, 11) is 1.69. The summed E-state index contributed by atoms with van der Waals surface area (Å²) in [4.78, 5) is 0.0995. The van der Waals surface area contributed by atoms with Gasteiger partial charge in [-0.15, -0.1) is 0 Å². The number of ether oxygens (including phenoxy) is 1. The highest BCUT2D eigenvalue weighted by atomic mass is 79.9. The van der Waals surface area contributed by atoms with Crippen LogP contribution >= 0.6 is 47.8 Å². The van der Waals surface area contributed by atoms with Crippen molar-refractivity contribution in [1.82, 2.24) is 0 Å². The van der Waals surface area contributed by atoms with E-state index in [1.54, 1.807) is 7.11 Å². The van der Waals surface area contributed by atoms with Crippen molar-refractivity contribution >= 4 is 47.8 Å². The van der Waals surface area contributed by atoms with E-state index in [9.17, 15) is 0 Å². The third-order valence-electron chi connectivity index (χ3n) is 2.61. The van der Waals surface area contributed by atoms with Gasteiger partial charge in [-0.1, -0.05) is 59.9 Å². The Morgan fingerprint density at radius 1 is 1.00 bits per heavy atom. The van der Waals surface area contributed by atoms with Crippen LogP contribution in [-0.4, -0.2) is 7.11 Å². The average Bonchev–Trinajstić information content (AvgIpc) is 2.38. The lowest BCUT2D eigenvalue weighted by Gasteiger charge is -2.15. The van der Waals surface area contributed by atoms with E-state index >= 15 is 0 Å². The fraction of sp³-hybridized carbons (Fsp3) is 0.143. The van der Waals surface area contributed by atoms with E-state index in [1.165, 1.54) is 5.56 Å². The molecule has 0 aliphatic rings. The first-order chi connectivity index (χ1) is 8.61. The number of methoxy groups -OCH3 is 1. The van der Waals surface area contributed by atoms with Gasteiger partial charge in [0.15, 0.2) is 0 Å². The Labute approximate surface area is 132 Å². The molecule has 0 saturated carbocycles. The second-order valence-corrected chi connectivity index (χ2v) is 6.55. The molecule has 4 heteroatoms. The molecule has 1 nitrogen and oxygen atoms in total. The lowest BCUT2D eigenvalue weighted by Crippen LogP contribution is -1.97. The van der Waals surface area contributed by atoms with E-state index in [2.05, 4.69) is 66.0 Å². The maximum Gasteiger partial charge on any atom is 0.123 e. The van der Waals surface area contributed by atoms with Crippen LogP contribution in [0.2, 0.25) is 0 Å². The highest BCUT2D eigenvalue weighted by Crippen LogP contribution is 2.38. The summed E-state index contributed by atoms with van der Waals surface area (Å²) in [5, 5.41) is 0. The molecule has 0 fully saturated rings. The van der Waals surface area contributed by atoms with Gasteiger partial charge >= 0.3 is 0 Å². The molecule has 18 heavy (non-hydrogen) atoms. The number of benzene rings is 2. The summed E-state index contributed by atoms with van der Waals surface area (Å²) in [6, 6.07) is 14.2. The van der Waals surface area contributed by atoms with Crippen LogP contribution in [0.1, 0.15) is 16.0 Å². The Bertz CT molecular complexity index is 554. The maximum absolute atomic E-state index is 5.41. The van der Waals surface area contributed by atoms with E-state index in [0.29, 0.717) is 0 Å². The topological polar surface area (TPSA) is 9.23 Å². The zero-order valence-corrected chi connectivity index (χ0v) is 14.4. The Balaban J connectivity index is 2.44. The largest absolute Gasteiger partial charge is 0.496 e. The van der Waals surface area contributed by atoms with E-state index in [4.69, 9.17) is 4.74 Å². The van der Waals surface area contributed by atoms with E-state index in [0.717, 1.165) is 20.3 Å². The minimum atomic E-state index is 0.0995. The molecular formula is C14H11Br3O. The van der Waals surface area contributed by atoms with Gasteiger partial charge in [0.1, 0.15) is 5.75 Å². The fourth-order valence-corrected chi connectivity index (χ4v) is 3.19. The van der Waals surface area contributed by atoms with Crippen molar-refractivity contribution in [1.29, 1.82) is 0 Å². The summed E-state index contributed by atoms with van der Waals surface area (Å²) in [6.07, 6.45) is 0. The molecule has 2 rings (SSSR count). The lowest BCUT2D eigenvalue weighted by molar-refractivity contribution is 0.410. The molecule has 94 valence electrons. The predicted octanol–water partition coefficient (Wildman–Crippen LogP) is 5.70. The Kier molecular flexibility index (Phi) is 4.87. The molecular weight excluding hydrogens is 424 g/mol. The SMILES string of the molecule is COc1ccc(Br)cc1C(Br)c1cccc(Br)c1. The van der Waals surface area contributed by atoms with Crippen molar-refractivity contribution in [3.05, 3.63) is 62.5 Å². The van der Waals surface area contributed by atoms with Crippen LogP contribution < -0.4 is 4.74 Å². The highest BCUT2D eigenvalue weighted by Gasteiger charge is 2.15. The van der Waals surface area contributed by atoms with E-state index in [1.807, 2.05) is 24.3 Å². The molecule has 0 aromatic heterocycles. The first-order valence-corrected chi connectivity index (χ1v) is 7.85. The molecule has 0 amide bonds. The summed E-state index contributed by atoms with van der Waals surface area (Å²) >= 11 is 10.7. The van der Waals surface area contributed by atoms with Crippen molar-refractivity contribution in [2.75, 3.05) is 7.11 Å². The Morgan fingerprint density at radius 3 is 2.39 bits per heavy atom. The van der Waals surface area contributed by atoms with Crippen LogP contribution in [0.5, 0.6) is 5.75 Å². The average molecular weight is 435 g/mol. The van der Waals surface area contributed by atoms with Gasteiger partial charge in [-0.25, -0.2) is 0 Å². The van der Waals surface area contributed by atoms with Gasteiger partial charge in [0.05, 0.1) is 11.9 Å². The van der Waals surface area contributed by atoms with Crippen LogP contribution in [-0.2, 0) is 0 Å². The minimum absolute atomic E-state index is 0.0995. The van der Waals surface area contributed by atoms with Gasteiger partial charge in [-0.2, -0.15) is 0 Å². The zero-order chi connectivity index (χ0) is 13.1. The minimum Gasteiger partial charge on any atom is -0.496 e. The van der Waals surface area contributed by atoms with E-state index < -0.39 is 0 Å². The van der Waals surface area contributed by atoms with Crippen molar-refractivity contribution < 1.29 is 4.74 Å². The van der Waals surface area contributed by atoms with Crippen LogP contribution in [0.25, 0.3) is 0 Å². The summed E-state index contributed by atoms with van der Waals surface area (Å²) in [5.74, 6) is 0.875. The molecule has 0 aliphatic heterocycles. The van der Waals surface area contributed by atoms with Crippen molar-refractivity contribution in [3.63, 3.8) is 0 Å². The second-order valence-electron chi connectivity index (χ2n) is 3.80. The zero-order valence-electron chi connectivity index (χ0n) is 9.66. The number of hydrogen-bond donors (Lipinski definition) is 0. The van der Waals surface area contributed by atoms with Crippen LogP contribution in [0.3, 0.4) is 0 Å². The lowest BCUT2D eigenvalue weighted by atomic mass is 10.0. The number of alkyl halides is 1. The summed E-state index contributed by atoms with van der Waals surface area (Å²) < 4.78 is 7.52. The van der Waals surface area contributed by atoms with Gasteiger partial charge in [0.2, 0.25) is 0 Å². The molecule has 0 N–H and O–H groups in total. The molecule has 2 aromatic rings. The number of hydrogen-bond acceptors (Lipinski definition) is 1. The van der Waals surface area contributed by atoms with Gasteiger partial charge in [0, 0.05) is 14.5 Å². The summed E-state index contributed by atoms with van der Waals surface area (Å²) in [5.41, 5.74) is 2.28. The van der Waals surface area contributed by atoms with Crippen molar-refractivity contribution in [2.45, 2.75) is 4.83 Å². The molecule has 0 heterocycles. The first-order valence-electron chi connectivity index (χ1n) is 5.35. The van der Waals surface area contributed by atoms with Crippen molar-refractivity contribution in [3.8, 4) is 5.75 Å². The number of halogens is 3. The van der Waals surface area contributed by atoms with Gasteiger partial charge in [-0.3, -0.25) is 0 Å². The van der Waals surface area contributed by atoms with Gasteiger partial charge in [0.25, 0.3) is 0 Å². The second kappa shape index (κ2) is 6.22. The van der Waals surface area contributed by atoms with Gasteiger partial charge in [-0.05, 0) is 35.9 Å². The molecule has 0 aliphatic carbocycles. The van der Waals surface area contributed by atoms with Crippen LogP contribution in [0.15, 0.2) is 51.4 Å². The third kappa shape index (κ3) is 3.16. The number of rotatable bonds is 3. The van der Waals surface area contributed by atoms with Crippen LogP contribution in [0.4, 0.5) is 0 Å². The van der Waals surface area contributed by atoms with E-state index in [-0.39, 0.29) is 4.83 Å². The fourth-order valence-electron chi connectivity index (χ4n) is 1.75. The standard InChI is InChI=1S/C14H11Br3O/c1-18-13-6-5-11(16)8-12(13)14(17)9-3-2-4-10(15)7-9/h2-8,14H,1H3. The smallest absolute Gasteiger partial charge is 0.123 e. The molecule has 0 saturated heterocycles. The molecule has 0 bridgehead atoms. The third-order valence-corrected chi connectivity index (χ3v) is 4.61. The van der Waals surface area contributed by atoms with Crippen LogP contribution in [0, 0.1) is 0 Å². The highest BCUT2D eigenvalue weighted by molar-refractivity contribution is 9.11. The van der Waals surface area contributed by atoms with Gasteiger partial charge < -0.3 is 4.74 Å². The Morgan fingerprint density at radius 2 is 1.72 bits per heavy atom.